The van der Waals surface area contributed by atoms with Crippen molar-refractivity contribution in [3.8, 4) is 23.0 Å². The summed E-state index contributed by atoms with van der Waals surface area (Å²) in [5.41, 5.74) is 3.35. The summed E-state index contributed by atoms with van der Waals surface area (Å²) in [6, 6.07) is 9.54. The fraction of sp³-hybridized carbons (Fsp3) is 0.417. The summed E-state index contributed by atoms with van der Waals surface area (Å²) in [6.07, 6.45) is 0.976. The first-order chi connectivity index (χ1) is 14.3. The molecular weight excluding hydrogens is 384 g/mol. The molecule has 6 nitrogen and oxygen atoms in total. The number of hydrogen-bond donors (Lipinski definition) is 0. The van der Waals surface area contributed by atoms with Crippen LogP contribution < -0.4 is 18.9 Å². The molecule has 0 saturated carbocycles. The van der Waals surface area contributed by atoms with E-state index in [2.05, 4.69) is 13.8 Å². The van der Waals surface area contributed by atoms with E-state index < -0.39 is 11.9 Å². The van der Waals surface area contributed by atoms with E-state index in [0.29, 0.717) is 34.8 Å². The van der Waals surface area contributed by atoms with Crippen LogP contribution in [0.2, 0.25) is 0 Å². The number of hydrogen-bond acceptors (Lipinski definition) is 6. The minimum atomic E-state index is -0.398. The van der Waals surface area contributed by atoms with E-state index in [0.717, 1.165) is 17.5 Å². The summed E-state index contributed by atoms with van der Waals surface area (Å²) < 4.78 is 21.6. The number of esters is 2. The Balaban J connectivity index is 2.13. The minimum Gasteiger partial charge on any atom is -0.493 e. The summed E-state index contributed by atoms with van der Waals surface area (Å²) in [4.78, 5) is 23.0. The van der Waals surface area contributed by atoms with Crippen LogP contribution in [0.3, 0.4) is 0 Å². The van der Waals surface area contributed by atoms with Gasteiger partial charge in [-0.2, -0.15) is 0 Å². The van der Waals surface area contributed by atoms with Gasteiger partial charge in [0.05, 0.1) is 14.2 Å². The lowest BCUT2D eigenvalue weighted by molar-refractivity contribution is -0.132. The van der Waals surface area contributed by atoms with Gasteiger partial charge in [-0.05, 0) is 59.2 Å². The highest BCUT2D eigenvalue weighted by atomic mass is 16.6. The van der Waals surface area contributed by atoms with Crippen molar-refractivity contribution in [3.63, 3.8) is 0 Å². The van der Waals surface area contributed by atoms with Gasteiger partial charge < -0.3 is 18.9 Å². The maximum Gasteiger partial charge on any atom is 0.308 e. The first-order valence-electron chi connectivity index (χ1n) is 10.1. The highest BCUT2D eigenvalue weighted by Gasteiger charge is 2.39. The van der Waals surface area contributed by atoms with Crippen LogP contribution >= 0.6 is 0 Å². The third kappa shape index (κ3) is 3.99. The molecule has 0 aromatic heterocycles. The standard InChI is InChI=1S/C24H28O6/c1-7-17-13(2)24(16-8-9-20(29-14(3)25)21(10-16)27-5)19-12-23(30-15(4)26)22(28-6)11-18(17)19/h8-13,17,24H,7H2,1-6H3/t13-,17-,24-/m1/s1. The van der Waals surface area contributed by atoms with Crippen molar-refractivity contribution in [3.05, 3.63) is 47.0 Å². The molecule has 30 heavy (non-hydrogen) atoms. The van der Waals surface area contributed by atoms with Crippen LogP contribution in [-0.2, 0) is 9.59 Å². The molecule has 0 unspecified atom stereocenters. The molecule has 0 saturated heterocycles. The Morgan fingerprint density at radius 1 is 0.833 bits per heavy atom. The highest BCUT2D eigenvalue weighted by molar-refractivity contribution is 5.72. The zero-order chi connectivity index (χ0) is 22.0. The topological polar surface area (TPSA) is 71.1 Å². The van der Waals surface area contributed by atoms with Crippen molar-refractivity contribution >= 4 is 11.9 Å². The summed E-state index contributed by atoms with van der Waals surface area (Å²) >= 11 is 0. The van der Waals surface area contributed by atoms with Crippen molar-refractivity contribution in [1.82, 2.24) is 0 Å². The molecule has 0 radical (unpaired) electrons. The molecule has 0 spiro atoms. The molecule has 0 amide bonds. The molecule has 3 atom stereocenters. The van der Waals surface area contributed by atoms with Crippen LogP contribution in [0.1, 0.15) is 62.6 Å². The lowest BCUT2D eigenvalue weighted by atomic mass is 9.83. The average Bonchev–Trinajstić information content (AvgIpc) is 2.97. The monoisotopic (exact) mass is 412 g/mol. The van der Waals surface area contributed by atoms with E-state index >= 15 is 0 Å². The molecule has 0 bridgehead atoms. The quantitative estimate of drug-likeness (QED) is 0.500. The SMILES string of the molecule is CC[C@H]1c2cc(OC)c(OC(C)=O)cc2[C@@H](c2ccc(OC(C)=O)c(OC)c2)[C@@H]1C. The van der Waals surface area contributed by atoms with Crippen molar-refractivity contribution in [2.45, 2.75) is 46.0 Å². The molecule has 0 heterocycles. The molecule has 2 aromatic carbocycles. The fourth-order valence-corrected chi connectivity index (χ4v) is 4.57. The van der Waals surface area contributed by atoms with Gasteiger partial charge in [0.1, 0.15) is 0 Å². The number of carbonyl (C=O) groups excluding carboxylic acids is 2. The number of methoxy groups -OCH3 is 2. The van der Waals surface area contributed by atoms with E-state index in [1.54, 1.807) is 20.3 Å². The summed E-state index contributed by atoms with van der Waals surface area (Å²) in [5, 5.41) is 0. The van der Waals surface area contributed by atoms with Gasteiger partial charge in [0, 0.05) is 19.8 Å². The molecule has 1 aliphatic carbocycles. The number of benzene rings is 2. The van der Waals surface area contributed by atoms with E-state index in [1.165, 1.54) is 19.4 Å². The van der Waals surface area contributed by atoms with Crippen molar-refractivity contribution in [2.75, 3.05) is 14.2 Å². The van der Waals surface area contributed by atoms with Gasteiger partial charge in [0.2, 0.25) is 0 Å². The minimum absolute atomic E-state index is 0.0745. The second-order valence-electron chi connectivity index (χ2n) is 7.58. The maximum absolute atomic E-state index is 11.6. The zero-order valence-electron chi connectivity index (χ0n) is 18.3. The molecule has 0 N–H and O–H groups in total. The third-order valence-electron chi connectivity index (χ3n) is 5.76. The van der Waals surface area contributed by atoms with Crippen LogP contribution in [0.25, 0.3) is 0 Å². The molecule has 1 aliphatic rings. The highest BCUT2D eigenvalue weighted by Crippen LogP contribution is 2.54. The van der Waals surface area contributed by atoms with Gasteiger partial charge in [0.25, 0.3) is 0 Å². The normalized spacial score (nSPS) is 19.7. The van der Waals surface area contributed by atoms with Crippen LogP contribution in [0.5, 0.6) is 23.0 Å². The number of carbonyl (C=O) groups is 2. The van der Waals surface area contributed by atoms with E-state index in [4.69, 9.17) is 18.9 Å². The Hall–Kier alpha value is -3.02. The Kier molecular flexibility index (Phi) is 6.34. The van der Waals surface area contributed by atoms with Gasteiger partial charge in [-0.25, -0.2) is 0 Å². The van der Waals surface area contributed by atoms with E-state index in [1.807, 2.05) is 24.3 Å². The molecule has 0 aliphatic heterocycles. The average molecular weight is 412 g/mol. The van der Waals surface area contributed by atoms with Crippen LogP contribution in [0, 0.1) is 5.92 Å². The van der Waals surface area contributed by atoms with Gasteiger partial charge in [0.15, 0.2) is 23.0 Å². The molecule has 0 fully saturated rings. The Bertz CT molecular complexity index is 964. The van der Waals surface area contributed by atoms with Crippen LogP contribution in [0.4, 0.5) is 0 Å². The predicted octanol–water partition coefficient (Wildman–Crippen LogP) is 4.83. The molecule has 2 aromatic rings. The Morgan fingerprint density at radius 2 is 1.40 bits per heavy atom. The molecule has 160 valence electrons. The first-order valence-corrected chi connectivity index (χ1v) is 10.1. The van der Waals surface area contributed by atoms with E-state index in [9.17, 15) is 9.59 Å². The molecular formula is C24H28O6. The largest absolute Gasteiger partial charge is 0.493 e. The van der Waals surface area contributed by atoms with Gasteiger partial charge >= 0.3 is 11.9 Å². The van der Waals surface area contributed by atoms with Gasteiger partial charge in [-0.1, -0.05) is 19.9 Å². The second-order valence-corrected chi connectivity index (χ2v) is 7.58. The lowest BCUT2D eigenvalue weighted by Crippen LogP contribution is -2.10. The first kappa shape index (κ1) is 21.7. The van der Waals surface area contributed by atoms with Crippen LogP contribution in [0.15, 0.2) is 30.3 Å². The van der Waals surface area contributed by atoms with Crippen molar-refractivity contribution in [1.29, 1.82) is 0 Å². The van der Waals surface area contributed by atoms with Gasteiger partial charge in [-0.3, -0.25) is 9.59 Å². The number of ether oxygens (including phenoxy) is 4. The lowest BCUT2D eigenvalue weighted by Gasteiger charge is -2.22. The zero-order valence-corrected chi connectivity index (χ0v) is 18.3. The summed E-state index contributed by atoms with van der Waals surface area (Å²) in [7, 11) is 3.13. The smallest absolute Gasteiger partial charge is 0.308 e. The Morgan fingerprint density at radius 3 is 1.97 bits per heavy atom. The number of rotatable bonds is 6. The van der Waals surface area contributed by atoms with Crippen LogP contribution in [-0.4, -0.2) is 26.2 Å². The molecule has 3 rings (SSSR count). The third-order valence-corrected chi connectivity index (χ3v) is 5.76. The summed E-state index contributed by atoms with van der Waals surface area (Å²) in [5.74, 6) is 1.80. The Labute approximate surface area is 177 Å². The van der Waals surface area contributed by atoms with Crippen molar-refractivity contribution in [2.24, 2.45) is 5.92 Å². The molecule has 6 heteroatoms. The number of fused-ring (bicyclic) bond motifs is 1. The fourth-order valence-electron chi connectivity index (χ4n) is 4.57. The van der Waals surface area contributed by atoms with Gasteiger partial charge in [-0.15, -0.1) is 0 Å². The van der Waals surface area contributed by atoms with Crippen molar-refractivity contribution < 1.29 is 28.5 Å². The predicted molar refractivity (Wildman–Crippen MR) is 113 cm³/mol. The van der Waals surface area contributed by atoms with E-state index in [-0.39, 0.29) is 5.92 Å². The second kappa shape index (κ2) is 8.78. The summed E-state index contributed by atoms with van der Waals surface area (Å²) in [6.45, 7) is 7.13. The maximum atomic E-state index is 11.6.